The Balaban J connectivity index is 3.17. The highest BCUT2D eigenvalue weighted by Crippen LogP contribution is 2.22. The van der Waals surface area contributed by atoms with Crippen molar-refractivity contribution >= 4 is 11.6 Å². The van der Waals surface area contributed by atoms with Crippen LogP contribution in [-0.4, -0.2) is 28.8 Å². The molecule has 1 rings (SSSR count). The first-order valence-electron chi connectivity index (χ1n) is 5.67. The van der Waals surface area contributed by atoms with Gasteiger partial charge in [0.25, 0.3) is 11.6 Å². The second kappa shape index (κ2) is 5.95. The van der Waals surface area contributed by atoms with Crippen LogP contribution in [0.3, 0.4) is 0 Å². The van der Waals surface area contributed by atoms with Gasteiger partial charge in [-0.25, -0.2) is 0 Å². The van der Waals surface area contributed by atoms with E-state index in [1.54, 1.807) is 24.0 Å². The molecule has 0 saturated carbocycles. The molecule has 0 heterocycles. The molecule has 0 aromatic heterocycles. The van der Waals surface area contributed by atoms with Crippen LogP contribution in [0.1, 0.15) is 22.8 Å². The highest BCUT2D eigenvalue weighted by Gasteiger charge is 2.20. The quantitative estimate of drug-likeness (QED) is 0.457. The Hall–Kier alpha value is -2.17. The van der Waals surface area contributed by atoms with Crippen molar-refractivity contribution in [2.45, 2.75) is 13.8 Å². The number of hydrogen-bond acceptors (Lipinski definition) is 3. The molecule has 18 heavy (non-hydrogen) atoms. The Morgan fingerprint density at radius 3 is 2.72 bits per heavy atom. The number of likely N-dealkylation sites (N-methyl/N-ethyl adjacent to an activating group) is 1. The molecule has 96 valence electrons. The van der Waals surface area contributed by atoms with Crippen LogP contribution in [-0.2, 0) is 0 Å². The van der Waals surface area contributed by atoms with Gasteiger partial charge in [-0.3, -0.25) is 14.9 Å². The van der Waals surface area contributed by atoms with Gasteiger partial charge in [0.05, 0.1) is 4.92 Å². The Morgan fingerprint density at radius 1 is 1.56 bits per heavy atom. The number of nitro groups is 1. The van der Waals surface area contributed by atoms with Gasteiger partial charge in [-0.05, 0) is 19.9 Å². The maximum Gasteiger partial charge on any atom is 0.273 e. The molecule has 1 amide bonds. The molecule has 0 aliphatic carbocycles. The van der Waals surface area contributed by atoms with E-state index in [0.717, 1.165) is 0 Å². The predicted molar refractivity (Wildman–Crippen MR) is 69.6 cm³/mol. The second-order valence-corrected chi connectivity index (χ2v) is 3.84. The fraction of sp³-hybridized carbons (Fsp3) is 0.308. The van der Waals surface area contributed by atoms with Gasteiger partial charge in [-0.15, -0.1) is 6.58 Å². The van der Waals surface area contributed by atoms with E-state index in [4.69, 9.17) is 0 Å². The second-order valence-electron chi connectivity index (χ2n) is 3.84. The van der Waals surface area contributed by atoms with Gasteiger partial charge < -0.3 is 4.90 Å². The van der Waals surface area contributed by atoms with Gasteiger partial charge >= 0.3 is 0 Å². The lowest BCUT2D eigenvalue weighted by Crippen LogP contribution is -2.31. The standard InChI is InChI=1S/C13H16N2O3/c1-4-9-14(5-2)13(16)11-7-6-8-12(10(11)3)15(17)18/h4,6-8H,1,5,9H2,2-3H3. The molecule has 1 aromatic rings. The topological polar surface area (TPSA) is 63.5 Å². The average Bonchev–Trinajstić information content (AvgIpc) is 2.35. The predicted octanol–water partition coefficient (Wildman–Crippen LogP) is 2.55. The minimum atomic E-state index is -0.476. The summed E-state index contributed by atoms with van der Waals surface area (Å²) in [7, 11) is 0. The van der Waals surface area contributed by atoms with Crippen molar-refractivity contribution in [2.75, 3.05) is 13.1 Å². The van der Waals surface area contributed by atoms with E-state index in [1.807, 2.05) is 6.92 Å². The molecule has 0 atom stereocenters. The van der Waals surface area contributed by atoms with Gasteiger partial charge in [0, 0.05) is 30.3 Å². The zero-order chi connectivity index (χ0) is 13.7. The first-order valence-corrected chi connectivity index (χ1v) is 5.67. The van der Waals surface area contributed by atoms with E-state index in [-0.39, 0.29) is 11.6 Å². The third kappa shape index (κ3) is 2.74. The summed E-state index contributed by atoms with van der Waals surface area (Å²) in [5, 5.41) is 10.8. The number of carbonyl (C=O) groups excluding carboxylic acids is 1. The maximum atomic E-state index is 12.2. The molecule has 0 aliphatic rings. The fourth-order valence-electron chi connectivity index (χ4n) is 1.73. The van der Waals surface area contributed by atoms with Crippen LogP contribution in [0.15, 0.2) is 30.9 Å². The number of benzene rings is 1. The molecule has 0 N–H and O–H groups in total. The van der Waals surface area contributed by atoms with Gasteiger partial charge in [0.2, 0.25) is 0 Å². The van der Waals surface area contributed by atoms with Crippen LogP contribution in [0.25, 0.3) is 0 Å². The summed E-state index contributed by atoms with van der Waals surface area (Å²) in [6.45, 7) is 8.00. The lowest BCUT2D eigenvalue weighted by Gasteiger charge is -2.19. The highest BCUT2D eigenvalue weighted by molar-refractivity contribution is 5.96. The van der Waals surface area contributed by atoms with E-state index in [1.165, 1.54) is 12.1 Å². The first-order chi connectivity index (χ1) is 8.52. The molecule has 0 spiro atoms. The lowest BCUT2D eigenvalue weighted by atomic mass is 10.1. The van der Waals surface area contributed by atoms with Gasteiger partial charge in [-0.1, -0.05) is 12.1 Å². The zero-order valence-corrected chi connectivity index (χ0v) is 10.5. The normalized spacial score (nSPS) is 9.89. The summed E-state index contributed by atoms with van der Waals surface area (Å²) in [6.07, 6.45) is 1.63. The third-order valence-electron chi connectivity index (χ3n) is 2.75. The summed E-state index contributed by atoms with van der Waals surface area (Å²) >= 11 is 0. The fourth-order valence-corrected chi connectivity index (χ4v) is 1.73. The summed E-state index contributed by atoms with van der Waals surface area (Å²) < 4.78 is 0. The Bertz CT molecular complexity index is 483. The van der Waals surface area contributed by atoms with Crippen molar-refractivity contribution < 1.29 is 9.72 Å². The first kappa shape index (κ1) is 13.9. The summed E-state index contributed by atoms with van der Waals surface area (Å²) in [4.78, 5) is 24.1. The van der Waals surface area contributed by atoms with E-state index < -0.39 is 4.92 Å². The Morgan fingerprint density at radius 2 is 2.22 bits per heavy atom. The number of nitro benzene ring substituents is 1. The monoisotopic (exact) mass is 248 g/mol. The van der Waals surface area contributed by atoms with Crippen molar-refractivity contribution in [1.82, 2.24) is 4.90 Å². The molecule has 0 bridgehead atoms. The van der Waals surface area contributed by atoms with Crippen molar-refractivity contribution in [3.63, 3.8) is 0 Å². The lowest BCUT2D eigenvalue weighted by molar-refractivity contribution is -0.385. The number of nitrogens with zero attached hydrogens (tertiary/aromatic N) is 2. The van der Waals surface area contributed by atoms with E-state index in [0.29, 0.717) is 24.2 Å². The largest absolute Gasteiger partial charge is 0.335 e. The van der Waals surface area contributed by atoms with Gasteiger partial charge in [0.15, 0.2) is 0 Å². The molecule has 0 fully saturated rings. The third-order valence-corrected chi connectivity index (χ3v) is 2.75. The van der Waals surface area contributed by atoms with Gasteiger partial charge in [0.1, 0.15) is 0 Å². The van der Waals surface area contributed by atoms with Crippen molar-refractivity contribution in [3.8, 4) is 0 Å². The molecular formula is C13H16N2O3. The van der Waals surface area contributed by atoms with Crippen LogP contribution in [0.2, 0.25) is 0 Å². The molecule has 0 unspecified atom stereocenters. The van der Waals surface area contributed by atoms with E-state index >= 15 is 0 Å². The number of hydrogen-bond donors (Lipinski definition) is 0. The van der Waals surface area contributed by atoms with Crippen molar-refractivity contribution in [1.29, 1.82) is 0 Å². The van der Waals surface area contributed by atoms with E-state index in [2.05, 4.69) is 6.58 Å². The van der Waals surface area contributed by atoms with E-state index in [9.17, 15) is 14.9 Å². The van der Waals surface area contributed by atoms with Crippen molar-refractivity contribution in [3.05, 3.63) is 52.1 Å². The highest BCUT2D eigenvalue weighted by atomic mass is 16.6. The number of carbonyl (C=O) groups is 1. The summed E-state index contributed by atoms with van der Waals surface area (Å²) in [5.74, 6) is -0.210. The number of rotatable bonds is 5. The minimum Gasteiger partial charge on any atom is -0.335 e. The van der Waals surface area contributed by atoms with Crippen molar-refractivity contribution in [2.24, 2.45) is 0 Å². The van der Waals surface area contributed by atoms with Gasteiger partial charge in [-0.2, -0.15) is 0 Å². The molecule has 1 aromatic carbocycles. The molecule has 0 radical (unpaired) electrons. The van der Waals surface area contributed by atoms with Crippen LogP contribution >= 0.6 is 0 Å². The van der Waals surface area contributed by atoms with Crippen LogP contribution < -0.4 is 0 Å². The molecule has 0 aliphatic heterocycles. The zero-order valence-electron chi connectivity index (χ0n) is 10.5. The maximum absolute atomic E-state index is 12.2. The van der Waals surface area contributed by atoms with Crippen LogP contribution in [0.5, 0.6) is 0 Å². The smallest absolute Gasteiger partial charge is 0.273 e. The summed E-state index contributed by atoms with van der Waals surface area (Å²) in [5.41, 5.74) is 0.735. The molecular weight excluding hydrogens is 232 g/mol. The average molecular weight is 248 g/mol. The summed E-state index contributed by atoms with van der Waals surface area (Å²) in [6, 6.07) is 4.53. The number of amides is 1. The SMILES string of the molecule is C=CCN(CC)C(=O)c1cccc([N+](=O)[O-])c1C. The minimum absolute atomic E-state index is 0.0319. The Kier molecular flexibility index (Phi) is 4.59. The molecule has 0 saturated heterocycles. The van der Waals surface area contributed by atoms with Crippen LogP contribution in [0, 0.1) is 17.0 Å². The molecule has 5 nitrogen and oxygen atoms in total. The van der Waals surface area contributed by atoms with Crippen LogP contribution in [0.4, 0.5) is 5.69 Å². The Labute approximate surface area is 106 Å². The molecule has 5 heteroatoms.